The van der Waals surface area contributed by atoms with Gasteiger partial charge < -0.3 is 4.42 Å². The van der Waals surface area contributed by atoms with E-state index in [2.05, 4.69) is 103 Å². The van der Waals surface area contributed by atoms with Crippen molar-refractivity contribution in [1.29, 1.82) is 0 Å². The zero-order chi connectivity index (χ0) is 30.9. The summed E-state index contributed by atoms with van der Waals surface area (Å²) in [7, 11) is 0. The van der Waals surface area contributed by atoms with E-state index in [0.717, 1.165) is 61.0 Å². The molecular weight excluding hydrogens is 576 g/mol. The van der Waals surface area contributed by atoms with Crippen LogP contribution in [0.4, 0.5) is 0 Å². The van der Waals surface area contributed by atoms with Gasteiger partial charge >= 0.3 is 0 Å². The molecule has 6 aromatic carbocycles. The van der Waals surface area contributed by atoms with E-state index < -0.39 is 0 Å². The van der Waals surface area contributed by atoms with Crippen LogP contribution in [0.15, 0.2) is 150 Å². The van der Waals surface area contributed by atoms with E-state index in [0.29, 0.717) is 17.5 Å². The van der Waals surface area contributed by atoms with Gasteiger partial charge in [-0.05, 0) is 51.9 Å². The van der Waals surface area contributed by atoms with Crippen LogP contribution < -0.4 is 0 Å². The summed E-state index contributed by atoms with van der Waals surface area (Å²) in [5, 5.41) is 4.41. The van der Waals surface area contributed by atoms with Gasteiger partial charge in [-0.3, -0.25) is 4.98 Å². The molecule has 1 aliphatic rings. The van der Waals surface area contributed by atoms with Gasteiger partial charge in [0.1, 0.15) is 11.2 Å². The number of nitrogens with zero attached hydrogens (tertiary/aromatic N) is 4. The molecule has 3 heterocycles. The van der Waals surface area contributed by atoms with Crippen molar-refractivity contribution in [2.45, 2.75) is 0 Å². The van der Waals surface area contributed by atoms with Crippen molar-refractivity contribution in [2.75, 3.05) is 0 Å². The molecule has 0 unspecified atom stereocenters. The van der Waals surface area contributed by atoms with E-state index in [-0.39, 0.29) is 0 Å². The monoisotopic (exact) mass is 600 g/mol. The summed E-state index contributed by atoms with van der Waals surface area (Å²) in [4.78, 5) is 20.1. The zero-order valence-corrected chi connectivity index (χ0v) is 25.1. The molecule has 0 saturated carbocycles. The minimum Gasteiger partial charge on any atom is -0.456 e. The molecule has 5 heteroatoms. The van der Waals surface area contributed by atoms with E-state index in [9.17, 15) is 0 Å². The molecule has 0 saturated heterocycles. The Balaban J connectivity index is 1.18. The molecule has 0 bridgehead atoms. The van der Waals surface area contributed by atoms with E-state index in [1.54, 1.807) is 0 Å². The molecule has 0 fully saturated rings. The summed E-state index contributed by atoms with van der Waals surface area (Å²) in [5.74, 6) is 1.82. The van der Waals surface area contributed by atoms with Crippen molar-refractivity contribution in [1.82, 2.24) is 19.9 Å². The standard InChI is InChI=1S/C42H24N4O/c1-2-8-25(9-3-1)26-16-18-28(19-17-26)40-44-41(29-20-21-31-34(24-29)30-12-6-10-27-22-23-43-39(31)37(27)30)46-42(45-40)33-13-7-15-36-38(33)32-11-4-5-14-35(32)47-36/h1-24H. The van der Waals surface area contributed by atoms with E-state index in [1.807, 2.05) is 42.6 Å². The summed E-state index contributed by atoms with van der Waals surface area (Å²) in [6.07, 6.45) is 1.89. The van der Waals surface area contributed by atoms with E-state index in [4.69, 9.17) is 24.4 Å². The highest BCUT2D eigenvalue weighted by Crippen LogP contribution is 2.47. The number of pyridine rings is 1. The van der Waals surface area contributed by atoms with Crippen molar-refractivity contribution in [3.8, 4) is 67.7 Å². The minimum atomic E-state index is 0.599. The summed E-state index contributed by atoms with van der Waals surface area (Å²) >= 11 is 0. The Labute approximate surface area is 269 Å². The zero-order valence-electron chi connectivity index (χ0n) is 25.1. The molecule has 218 valence electrons. The van der Waals surface area contributed by atoms with Crippen molar-refractivity contribution < 1.29 is 4.42 Å². The third-order valence-electron chi connectivity index (χ3n) is 9.14. The molecular formula is C42H24N4O. The van der Waals surface area contributed by atoms with Crippen LogP contribution in [0.5, 0.6) is 0 Å². The van der Waals surface area contributed by atoms with Crippen molar-refractivity contribution in [3.05, 3.63) is 146 Å². The summed E-state index contributed by atoms with van der Waals surface area (Å²) < 4.78 is 6.23. The smallest absolute Gasteiger partial charge is 0.164 e. The second-order valence-electron chi connectivity index (χ2n) is 11.9. The molecule has 5 nitrogen and oxygen atoms in total. The first kappa shape index (κ1) is 25.8. The van der Waals surface area contributed by atoms with Crippen LogP contribution in [0, 0.1) is 0 Å². The molecule has 0 amide bonds. The fourth-order valence-electron chi connectivity index (χ4n) is 6.93. The van der Waals surface area contributed by atoms with Gasteiger partial charge in [0.15, 0.2) is 17.5 Å². The van der Waals surface area contributed by atoms with Gasteiger partial charge in [-0.1, -0.05) is 115 Å². The first-order valence-corrected chi connectivity index (χ1v) is 15.6. The lowest BCUT2D eigenvalue weighted by Crippen LogP contribution is -2.00. The molecule has 0 aliphatic heterocycles. The predicted molar refractivity (Wildman–Crippen MR) is 189 cm³/mol. The molecule has 0 radical (unpaired) electrons. The molecule has 1 aliphatic carbocycles. The minimum absolute atomic E-state index is 0.599. The Morgan fingerprint density at radius 2 is 1.09 bits per heavy atom. The van der Waals surface area contributed by atoms with Crippen molar-refractivity contribution in [2.24, 2.45) is 0 Å². The van der Waals surface area contributed by atoms with Crippen LogP contribution >= 0.6 is 0 Å². The van der Waals surface area contributed by atoms with Crippen LogP contribution in [0.1, 0.15) is 0 Å². The van der Waals surface area contributed by atoms with Gasteiger partial charge in [0, 0.05) is 44.6 Å². The van der Waals surface area contributed by atoms with Crippen LogP contribution in [0.25, 0.3) is 100 Å². The molecule has 0 N–H and O–H groups in total. The van der Waals surface area contributed by atoms with Crippen molar-refractivity contribution >= 4 is 32.7 Å². The lowest BCUT2D eigenvalue weighted by Gasteiger charge is -2.11. The normalized spacial score (nSPS) is 11.8. The second kappa shape index (κ2) is 10.0. The highest BCUT2D eigenvalue weighted by molar-refractivity contribution is 6.14. The number of aromatic nitrogens is 4. The number of furan rings is 1. The third kappa shape index (κ3) is 4.03. The SMILES string of the molecule is c1ccc(-c2ccc(-c3nc(-c4ccc5c(c4)-c4cccc6ccnc-5c46)nc(-c4cccc5oc6ccccc6c45)n3)cc2)cc1. The van der Waals surface area contributed by atoms with Crippen LogP contribution in [-0.4, -0.2) is 19.9 Å². The average molecular weight is 601 g/mol. The predicted octanol–water partition coefficient (Wildman–Crippen LogP) is 10.6. The van der Waals surface area contributed by atoms with Gasteiger partial charge in [0.05, 0.1) is 5.69 Å². The van der Waals surface area contributed by atoms with Gasteiger partial charge in [0.25, 0.3) is 0 Å². The Bertz CT molecular complexity index is 2670. The number of hydrogen-bond acceptors (Lipinski definition) is 5. The Kier molecular flexibility index (Phi) is 5.51. The first-order valence-electron chi connectivity index (χ1n) is 15.6. The summed E-state index contributed by atoms with van der Waals surface area (Å²) in [5.41, 5.74) is 11.2. The first-order chi connectivity index (χ1) is 23.3. The maximum Gasteiger partial charge on any atom is 0.164 e. The van der Waals surface area contributed by atoms with Crippen LogP contribution in [0.3, 0.4) is 0 Å². The van der Waals surface area contributed by atoms with Gasteiger partial charge in [-0.15, -0.1) is 0 Å². The maximum atomic E-state index is 6.23. The average Bonchev–Trinajstić information content (AvgIpc) is 3.69. The molecule has 10 rings (SSSR count). The fourth-order valence-corrected chi connectivity index (χ4v) is 6.93. The lowest BCUT2D eigenvalue weighted by molar-refractivity contribution is 0.669. The van der Waals surface area contributed by atoms with Crippen LogP contribution in [-0.2, 0) is 0 Å². The molecule has 0 atom stereocenters. The van der Waals surface area contributed by atoms with Gasteiger partial charge in [-0.2, -0.15) is 0 Å². The number of para-hydroxylation sites is 1. The Morgan fingerprint density at radius 1 is 0.404 bits per heavy atom. The van der Waals surface area contributed by atoms with Crippen molar-refractivity contribution in [3.63, 3.8) is 0 Å². The quantitative estimate of drug-likeness (QED) is 0.201. The third-order valence-corrected chi connectivity index (χ3v) is 9.14. The Morgan fingerprint density at radius 3 is 1.98 bits per heavy atom. The largest absolute Gasteiger partial charge is 0.456 e. The van der Waals surface area contributed by atoms with Gasteiger partial charge in [0.2, 0.25) is 0 Å². The molecule has 47 heavy (non-hydrogen) atoms. The van der Waals surface area contributed by atoms with E-state index in [1.165, 1.54) is 21.9 Å². The summed E-state index contributed by atoms with van der Waals surface area (Å²) in [6, 6.07) is 47.9. The number of fused-ring (bicyclic) bond motifs is 6. The summed E-state index contributed by atoms with van der Waals surface area (Å²) in [6.45, 7) is 0. The molecule has 0 spiro atoms. The Hall–Kier alpha value is -6.46. The highest BCUT2D eigenvalue weighted by atomic mass is 16.3. The second-order valence-corrected chi connectivity index (χ2v) is 11.9. The lowest BCUT2D eigenvalue weighted by atomic mass is 10.0. The van der Waals surface area contributed by atoms with Crippen LogP contribution in [0.2, 0.25) is 0 Å². The number of rotatable bonds is 4. The van der Waals surface area contributed by atoms with Gasteiger partial charge in [-0.25, -0.2) is 15.0 Å². The molecule has 9 aromatic rings. The topological polar surface area (TPSA) is 64.7 Å². The van der Waals surface area contributed by atoms with E-state index >= 15 is 0 Å². The number of benzene rings is 6. The fraction of sp³-hybridized carbons (Fsp3) is 0. The molecule has 3 aromatic heterocycles. The maximum absolute atomic E-state index is 6.23. The number of hydrogen-bond donors (Lipinski definition) is 0. The highest BCUT2D eigenvalue weighted by Gasteiger charge is 2.24.